The fourth-order valence-corrected chi connectivity index (χ4v) is 2.78. The zero-order valence-corrected chi connectivity index (χ0v) is 15.0. The third-order valence-electron chi connectivity index (χ3n) is 4.35. The van der Waals surface area contributed by atoms with Crippen molar-refractivity contribution < 1.29 is 39.4 Å². The van der Waals surface area contributed by atoms with Crippen molar-refractivity contribution in [2.75, 3.05) is 20.3 Å². The molecule has 0 spiro atoms. The smallest absolute Gasteiger partial charge is 0.343 e. The molecule has 0 amide bonds. The predicted molar refractivity (Wildman–Crippen MR) is 92.0 cm³/mol. The molecule has 2 heterocycles. The number of rotatable bonds is 6. The van der Waals surface area contributed by atoms with Gasteiger partial charge in [-0.15, -0.1) is 5.10 Å². The number of hydrogen-bond acceptors (Lipinski definition) is 10. The van der Waals surface area contributed by atoms with Gasteiger partial charge in [-0.05, 0) is 12.1 Å². The van der Waals surface area contributed by atoms with Crippen molar-refractivity contribution in [3.05, 3.63) is 30.5 Å². The van der Waals surface area contributed by atoms with E-state index in [9.17, 15) is 25.2 Å². The van der Waals surface area contributed by atoms with Gasteiger partial charge < -0.3 is 34.6 Å². The van der Waals surface area contributed by atoms with Crippen molar-refractivity contribution >= 4 is 5.97 Å². The highest BCUT2D eigenvalue weighted by molar-refractivity contribution is 5.71. The largest absolute Gasteiger partial charge is 0.482 e. The van der Waals surface area contributed by atoms with Gasteiger partial charge in [-0.2, -0.15) is 0 Å². The molecule has 1 saturated heterocycles. The second-order valence-corrected chi connectivity index (χ2v) is 6.20. The number of methoxy groups -OCH3 is 1. The summed E-state index contributed by atoms with van der Waals surface area (Å²) in [7, 11) is 1.26. The van der Waals surface area contributed by atoms with Gasteiger partial charge in [-0.3, -0.25) is 0 Å². The minimum atomic E-state index is -1.52. The number of aliphatic hydroxyl groups is 4. The summed E-state index contributed by atoms with van der Waals surface area (Å²) in [4.78, 5) is 11.2. The van der Waals surface area contributed by atoms with Crippen LogP contribution in [-0.2, 0) is 14.3 Å². The Morgan fingerprint density at radius 2 is 2.04 bits per heavy atom. The first-order chi connectivity index (χ1) is 13.4. The maximum atomic E-state index is 11.2. The van der Waals surface area contributed by atoms with Crippen LogP contribution < -0.4 is 4.74 Å². The summed E-state index contributed by atoms with van der Waals surface area (Å²) in [5.74, 6) is -0.0933. The minimum absolute atomic E-state index is 0.239. The average molecular weight is 395 g/mol. The summed E-state index contributed by atoms with van der Waals surface area (Å²) >= 11 is 0. The highest BCUT2D eigenvalue weighted by Crippen LogP contribution is 2.29. The van der Waals surface area contributed by atoms with Crippen LogP contribution in [0.2, 0.25) is 0 Å². The SMILES string of the molecule is COC(=O)COc1cccc(-c2cn([C@H]3O[C@H](CO)[C@@H](O)[C@H](O)[C@@H]3O)nn2)c1. The van der Waals surface area contributed by atoms with Crippen LogP contribution in [0.25, 0.3) is 11.3 Å². The van der Waals surface area contributed by atoms with Gasteiger partial charge in [0.15, 0.2) is 12.8 Å². The van der Waals surface area contributed by atoms with Crippen molar-refractivity contribution in [1.29, 1.82) is 0 Å². The number of esters is 1. The number of ether oxygens (including phenoxy) is 3. The summed E-state index contributed by atoms with van der Waals surface area (Å²) in [6.07, 6.45) is -5.16. The minimum Gasteiger partial charge on any atom is -0.482 e. The van der Waals surface area contributed by atoms with E-state index in [2.05, 4.69) is 15.0 Å². The van der Waals surface area contributed by atoms with Crippen molar-refractivity contribution in [1.82, 2.24) is 15.0 Å². The van der Waals surface area contributed by atoms with Gasteiger partial charge >= 0.3 is 5.97 Å². The molecule has 1 aliphatic heterocycles. The molecule has 0 radical (unpaired) electrons. The molecule has 0 bridgehead atoms. The van der Waals surface area contributed by atoms with E-state index in [0.29, 0.717) is 17.0 Å². The Morgan fingerprint density at radius 3 is 2.75 bits per heavy atom. The topological polar surface area (TPSA) is 156 Å². The van der Waals surface area contributed by atoms with Gasteiger partial charge in [0.25, 0.3) is 0 Å². The Labute approximate surface area is 159 Å². The maximum absolute atomic E-state index is 11.2. The third-order valence-corrected chi connectivity index (χ3v) is 4.35. The lowest BCUT2D eigenvalue weighted by Crippen LogP contribution is -2.56. The van der Waals surface area contributed by atoms with E-state index in [-0.39, 0.29) is 6.61 Å². The summed E-state index contributed by atoms with van der Waals surface area (Å²) in [5, 5.41) is 47.1. The molecule has 11 heteroatoms. The molecule has 3 rings (SSSR count). The molecule has 1 aliphatic rings. The second-order valence-electron chi connectivity index (χ2n) is 6.20. The van der Waals surface area contributed by atoms with E-state index in [1.54, 1.807) is 24.3 Å². The highest BCUT2D eigenvalue weighted by Gasteiger charge is 2.44. The Bertz CT molecular complexity index is 811. The molecule has 28 heavy (non-hydrogen) atoms. The molecule has 152 valence electrons. The van der Waals surface area contributed by atoms with Crippen LogP contribution in [0.1, 0.15) is 6.23 Å². The van der Waals surface area contributed by atoms with Crippen LogP contribution in [0.5, 0.6) is 5.75 Å². The van der Waals surface area contributed by atoms with E-state index in [1.807, 2.05) is 0 Å². The molecule has 1 aromatic heterocycles. The predicted octanol–water partition coefficient (Wildman–Crippen LogP) is -1.53. The summed E-state index contributed by atoms with van der Waals surface area (Å²) in [6.45, 7) is -0.778. The molecular weight excluding hydrogens is 374 g/mol. The maximum Gasteiger partial charge on any atom is 0.343 e. The quantitative estimate of drug-likeness (QED) is 0.423. The molecule has 0 saturated carbocycles. The van der Waals surface area contributed by atoms with E-state index < -0.39 is 43.2 Å². The number of aliphatic hydroxyl groups excluding tert-OH is 4. The van der Waals surface area contributed by atoms with Gasteiger partial charge in [0.2, 0.25) is 0 Å². The zero-order chi connectivity index (χ0) is 20.3. The molecule has 5 atom stereocenters. The lowest BCUT2D eigenvalue weighted by atomic mass is 9.98. The summed E-state index contributed by atoms with van der Waals surface area (Å²) < 4.78 is 16.5. The van der Waals surface area contributed by atoms with Gasteiger partial charge in [0.05, 0.1) is 19.9 Å². The first-order valence-corrected chi connectivity index (χ1v) is 8.47. The van der Waals surface area contributed by atoms with Crippen LogP contribution in [0.15, 0.2) is 30.5 Å². The first kappa shape index (κ1) is 20.2. The summed E-state index contributed by atoms with van der Waals surface area (Å²) in [6, 6.07) is 6.75. The number of carbonyl (C=O) groups excluding carboxylic acids is 1. The number of hydrogen-bond donors (Lipinski definition) is 4. The lowest BCUT2D eigenvalue weighted by molar-refractivity contribution is -0.254. The number of aromatic nitrogens is 3. The standard InChI is InChI=1S/C17H21N3O8/c1-26-13(22)8-27-10-4-2-3-9(5-10)11-6-20(19-18-11)17-16(25)15(24)14(23)12(7-21)28-17/h2-6,12,14-17,21,23-25H,7-8H2,1H3/t12-,14-,15+,16+,17+/m1/s1. The van der Waals surface area contributed by atoms with E-state index >= 15 is 0 Å². The normalized spacial score (nSPS) is 27.4. The Kier molecular flexibility index (Phi) is 6.21. The van der Waals surface area contributed by atoms with Crippen LogP contribution in [0.3, 0.4) is 0 Å². The molecule has 4 N–H and O–H groups in total. The fraction of sp³-hybridized carbons (Fsp3) is 0.471. The Balaban J connectivity index is 1.77. The Hall–Kier alpha value is -2.57. The van der Waals surface area contributed by atoms with Gasteiger partial charge in [0, 0.05) is 5.56 Å². The molecule has 2 aromatic rings. The van der Waals surface area contributed by atoms with Crippen molar-refractivity contribution in [2.24, 2.45) is 0 Å². The molecular formula is C17H21N3O8. The van der Waals surface area contributed by atoms with Gasteiger partial charge in [-0.25, -0.2) is 9.48 Å². The number of carbonyl (C=O) groups is 1. The highest BCUT2D eigenvalue weighted by atomic mass is 16.6. The molecule has 0 aliphatic carbocycles. The first-order valence-electron chi connectivity index (χ1n) is 8.47. The van der Waals surface area contributed by atoms with Crippen LogP contribution in [-0.4, -0.2) is 86.1 Å². The Morgan fingerprint density at radius 1 is 1.25 bits per heavy atom. The van der Waals surface area contributed by atoms with Crippen molar-refractivity contribution in [3.63, 3.8) is 0 Å². The lowest BCUT2D eigenvalue weighted by Gasteiger charge is -2.39. The average Bonchev–Trinajstić information content (AvgIpc) is 3.20. The van der Waals surface area contributed by atoms with Gasteiger partial charge in [0.1, 0.15) is 35.9 Å². The molecule has 0 unspecified atom stereocenters. The van der Waals surface area contributed by atoms with E-state index in [1.165, 1.54) is 18.0 Å². The van der Waals surface area contributed by atoms with Gasteiger partial charge in [-0.1, -0.05) is 17.3 Å². The van der Waals surface area contributed by atoms with Crippen LogP contribution in [0, 0.1) is 0 Å². The van der Waals surface area contributed by atoms with Crippen LogP contribution >= 0.6 is 0 Å². The fourth-order valence-electron chi connectivity index (χ4n) is 2.78. The number of benzene rings is 1. The molecule has 1 aromatic carbocycles. The molecule has 11 nitrogen and oxygen atoms in total. The zero-order valence-electron chi connectivity index (χ0n) is 15.0. The third kappa shape index (κ3) is 4.13. The summed E-state index contributed by atoms with van der Waals surface area (Å²) in [5.41, 5.74) is 1.04. The number of nitrogens with zero attached hydrogens (tertiary/aromatic N) is 3. The van der Waals surface area contributed by atoms with Crippen molar-refractivity contribution in [2.45, 2.75) is 30.6 Å². The van der Waals surface area contributed by atoms with E-state index in [4.69, 9.17) is 9.47 Å². The van der Waals surface area contributed by atoms with E-state index in [0.717, 1.165) is 0 Å². The monoisotopic (exact) mass is 395 g/mol. The van der Waals surface area contributed by atoms with Crippen LogP contribution in [0.4, 0.5) is 0 Å². The molecule has 1 fully saturated rings. The second kappa shape index (κ2) is 8.63. The van der Waals surface area contributed by atoms with Crippen molar-refractivity contribution in [3.8, 4) is 17.0 Å².